The van der Waals surface area contributed by atoms with Crippen molar-refractivity contribution in [2.45, 2.75) is 0 Å². The molecule has 2 aromatic rings. The van der Waals surface area contributed by atoms with Crippen molar-refractivity contribution >= 4 is 46.8 Å². The van der Waals surface area contributed by atoms with Crippen LogP contribution in [0.15, 0.2) is 41.8 Å². The molecule has 0 aliphatic carbocycles. The van der Waals surface area contributed by atoms with Crippen molar-refractivity contribution in [3.8, 4) is 0 Å². The predicted molar refractivity (Wildman–Crippen MR) is 108 cm³/mol. The summed E-state index contributed by atoms with van der Waals surface area (Å²) in [6.07, 6.45) is 2.23. The zero-order valence-electron chi connectivity index (χ0n) is 15.3. The fraction of sp³-hybridized carbons (Fsp3) is 0.250. The highest BCUT2D eigenvalue weighted by atomic mass is 35.5. The highest BCUT2D eigenvalue weighted by Crippen LogP contribution is 2.20. The fourth-order valence-electron chi connectivity index (χ4n) is 2.81. The number of hydrogen-bond acceptors (Lipinski definition) is 5. The summed E-state index contributed by atoms with van der Waals surface area (Å²) in [7, 11) is 0. The van der Waals surface area contributed by atoms with Crippen LogP contribution in [0.3, 0.4) is 0 Å². The molecule has 9 heteroatoms. The van der Waals surface area contributed by atoms with Gasteiger partial charge in [-0.1, -0.05) is 23.7 Å². The summed E-state index contributed by atoms with van der Waals surface area (Å²) in [6.45, 7) is 1.15. The fourth-order valence-corrected chi connectivity index (χ4v) is 3.73. The molecule has 1 fully saturated rings. The molecule has 0 N–H and O–H groups in total. The van der Waals surface area contributed by atoms with Crippen LogP contribution in [-0.4, -0.2) is 60.4 Å². The van der Waals surface area contributed by atoms with Crippen LogP contribution in [-0.2, 0) is 14.3 Å². The van der Waals surface area contributed by atoms with E-state index < -0.39 is 18.4 Å². The quantitative estimate of drug-likeness (QED) is 0.533. The molecule has 152 valence electrons. The van der Waals surface area contributed by atoms with Gasteiger partial charge in [0.25, 0.3) is 11.8 Å². The van der Waals surface area contributed by atoms with E-state index in [-0.39, 0.29) is 22.4 Å². The van der Waals surface area contributed by atoms with Crippen LogP contribution in [0.5, 0.6) is 0 Å². The van der Waals surface area contributed by atoms with Gasteiger partial charge >= 0.3 is 5.97 Å². The molecule has 29 heavy (non-hydrogen) atoms. The molecule has 1 aliphatic heterocycles. The smallest absolute Gasteiger partial charge is 0.331 e. The Morgan fingerprint density at radius 3 is 2.48 bits per heavy atom. The lowest BCUT2D eigenvalue weighted by molar-refractivity contribution is -0.148. The Morgan fingerprint density at radius 1 is 1.10 bits per heavy atom. The van der Waals surface area contributed by atoms with Crippen LogP contribution in [0.1, 0.15) is 15.2 Å². The molecule has 1 saturated heterocycles. The minimum Gasteiger partial charge on any atom is -0.452 e. The third kappa shape index (κ3) is 5.42. The van der Waals surface area contributed by atoms with Crippen molar-refractivity contribution in [2.24, 2.45) is 0 Å². The van der Waals surface area contributed by atoms with Crippen LogP contribution in [0.4, 0.5) is 4.39 Å². The van der Waals surface area contributed by atoms with Crippen molar-refractivity contribution in [3.63, 3.8) is 0 Å². The van der Waals surface area contributed by atoms with Gasteiger partial charge in [0.1, 0.15) is 5.82 Å². The molecule has 3 rings (SSSR count). The highest BCUT2D eigenvalue weighted by molar-refractivity contribution is 7.12. The van der Waals surface area contributed by atoms with Gasteiger partial charge in [-0.2, -0.15) is 0 Å². The summed E-state index contributed by atoms with van der Waals surface area (Å²) in [4.78, 5) is 40.3. The van der Waals surface area contributed by atoms with Crippen LogP contribution >= 0.6 is 22.9 Å². The number of nitrogens with zero attached hydrogens (tertiary/aromatic N) is 2. The second-order valence-electron chi connectivity index (χ2n) is 6.23. The van der Waals surface area contributed by atoms with Gasteiger partial charge < -0.3 is 14.5 Å². The first-order valence-electron chi connectivity index (χ1n) is 8.85. The number of amides is 2. The van der Waals surface area contributed by atoms with Gasteiger partial charge in [0.2, 0.25) is 0 Å². The number of rotatable bonds is 5. The van der Waals surface area contributed by atoms with Gasteiger partial charge in [-0.15, -0.1) is 11.3 Å². The second kappa shape index (κ2) is 9.67. The van der Waals surface area contributed by atoms with E-state index in [0.29, 0.717) is 31.1 Å². The number of esters is 1. The maximum atomic E-state index is 13.7. The molecule has 0 bridgehead atoms. The zero-order valence-corrected chi connectivity index (χ0v) is 16.9. The Kier molecular flexibility index (Phi) is 7.00. The molecular weight excluding hydrogens is 419 g/mol. The Balaban J connectivity index is 1.45. The van der Waals surface area contributed by atoms with Gasteiger partial charge in [-0.25, -0.2) is 9.18 Å². The van der Waals surface area contributed by atoms with Gasteiger partial charge in [0.05, 0.1) is 9.90 Å². The number of carbonyl (C=O) groups is 3. The molecular formula is C20H18ClFN2O4S. The first-order valence-corrected chi connectivity index (χ1v) is 10.1. The van der Waals surface area contributed by atoms with Crippen LogP contribution in [0.2, 0.25) is 5.02 Å². The molecule has 0 atom stereocenters. The lowest BCUT2D eigenvalue weighted by Gasteiger charge is -2.34. The maximum Gasteiger partial charge on any atom is 0.331 e. The number of piperazine rings is 1. The predicted octanol–water partition coefficient (Wildman–Crippen LogP) is 3.08. The SMILES string of the molecule is O=C(/C=C/c1c(F)cccc1Cl)OCC(=O)N1CCN(C(=O)c2cccs2)CC1. The Labute approximate surface area is 176 Å². The summed E-state index contributed by atoms with van der Waals surface area (Å²) in [5.41, 5.74) is 0.0731. The number of carbonyl (C=O) groups excluding carboxylic acids is 3. The van der Waals surface area contributed by atoms with Crippen molar-refractivity contribution in [2.75, 3.05) is 32.8 Å². The molecule has 2 heterocycles. The van der Waals surface area contributed by atoms with Crippen LogP contribution in [0.25, 0.3) is 6.08 Å². The summed E-state index contributed by atoms with van der Waals surface area (Å²) in [5.74, 6) is -1.73. The molecule has 0 radical (unpaired) electrons. The summed E-state index contributed by atoms with van der Waals surface area (Å²) in [6, 6.07) is 7.78. The van der Waals surface area contributed by atoms with E-state index in [1.807, 2.05) is 11.4 Å². The average Bonchev–Trinajstić information content (AvgIpc) is 3.26. The summed E-state index contributed by atoms with van der Waals surface area (Å²) < 4.78 is 18.6. The normalized spacial score (nSPS) is 14.3. The minimum absolute atomic E-state index is 0.0459. The van der Waals surface area contributed by atoms with E-state index in [9.17, 15) is 18.8 Å². The lowest BCUT2D eigenvalue weighted by Crippen LogP contribution is -2.51. The van der Waals surface area contributed by atoms with E-state index in [2.05, 4.69) is 0 Å². The number of thiophene rings is 1. The molecule has 0 unspecified atom stereocenters. The van der Waals surface area contributed by atoms with Gasteiger partial charge in [0, 0.05) is 37.8 Å². The van der Waals surface area contributed by atoms with Crippen LogP contribution in [0, 0.1) is 5.82 Å². The van der Waals surface area contributed by atoms with Crippen molar-refractivity contribution < 1.29 is 23.5 Å². The molecule has 0 saturated carbocycles. The first-order chi connectivity index (χ1) is 14.0. The highest BCUT2D eigenvalue weighted by Gasteiger charge is 2.25. The molecule has 6 nitrogen and oxygen atoms in total. The summed E-state index contributed by atoms with van der Waals surface area (Å²) in [5, 5.41) is 2.01. The Bertz CT molecular complexity index is 904. The van der Waals surface area contributed by atoms with Crippen LogP contribution < -0.4 is 0 Å². The van der Waals surface area contributed by atoms with E-state index in [1.165, 1.54) is 35.6 Å². The Hall–Kier alpha value is -2.71. The third-order valence-electron chi connectivity index (χ3n) is 4.38. The number of benzene rings is 1. The zero-order chi connectivity index (χ0) is 20.8. The van der Waals surface area contributed by atoms with Gasteiger partial charge in [0.15, 0.2) is 6.61 Å². The lowest BCUT2D eigenvalue weighted by atomic mass is 10.2. The number of halogens is 2. The summed E-state index contributed by atoms with van der Waals surface area (Å²) >= 11 is 7.26. The number of ether oxygens (including phenoxy) is 1. The van der Waals surface area contributed by atoms with Crippen molar-refractivity contribution in [3.05, 3.63) is 63.1 Å². The van der Waals surface area contributed by atoms with E-state index >= 15 is 0 Å². The number of hydrogen-bond donors (Lipinski definition) is 0. The standard InChI is InChI=1S/C20H18ClFN2O4S/c21-15-3-1-4-16(22)14(15)6-7-19(26)28-13-18(25)23-8-10-24(11-9-23)20(27)17-5-2-12-29-17/h1-7,12H,8-11,13H2/b7-6+. The molecule has 1 aliphatic rings. The largest absolute Gasteiger partial charge is 0.452 e. The molecule has 1 aromatic carbocycles. The van der Waals surface area contributed by atoms with E-state index in [0.717, 1.165) is 6.08 Å². The van der Waals surface area contributed by atoms with Gasteiger partial charge in [-0.05, 0) is 29.7 Å². The maximum absolute atomic E-state index is 13.7. The van der Waals surface area contributed by atoms with Crippen molar-refractivity contribution in [1.29, 1.82) is 0 Å². The topological polar surface area (TPSA) is 66.9 Å². The Morgan fingerprint density at radius 2 is 1.83 bits per heavy atom. The molecule has 0 spiro atoms. The molecule has 2 amide bonds. The van der Waals surface area contributed by atoms with Gasteiger partial charge in [-0.3, -0.25) is 9.59 Å². The third-order valence-corrected chi connectivity index (χ3v) is 5.56. The monoisotopic (exact) mass is 436 g/mol. The average molecular weight is 437 g/mol. The van der Waals surface area contributed by atoms with E-state index in [1.54, 1.807) is 15.9 Å². The van der Waals surface area contributed by atoms with Crippen molar-refractivity contribution in [1.82, 2.24) is 9.80 Å². The first kappa shape index (κ1) is 21.0. The minimum atomic E-state index is -0.774. The second-order valence-corrected chi connectivity index (χ2v) is 7.58. The van der Waals surface area contributed by atoms with E-state index in [4.69, 9.17) is 16.3 Å². The molecule has 1 aromatic heterocycles.